The van der Waals surface area contributed by atoms with Crippen LogP contribution < -0.4 is 24.3 Å². The van der Waals surface area contributed by atoms with Crippen molar-refractivity contribution in [2.75, 3.05) is 27.9 Å². The van der Waals surface area contributed by atoms with E-state index in [0.717, 1.165) is 5.56 Å². The lowest BCUT2D eigenvalue weighted by molar-refractivity contribution is -0.123. The number of carbonyl (C=O) groups excluding carboxylic acids is 1. The zero-order valence-corrected chi connectivity index (χ0v) is 14.3. The fraction of sp³-hybridized carbons (Fsp3) is 0.278. The molecular formula is C18H20FNO5. The van der Waals surface area contributed by atoms with Crippen molar-refractivity contribution in [3.8, 4) is 23.0 Å². The van der Waals surface area contributed by atoms with Gasteiger partial charge in [-0.2, -0.15) is 0 Å². The molecule has 0 spiro atoms. The molecule has 2 rings (SSSR count). The Morgan fingerprint density at radius 1 is 0.960 bits per heavy atom. The van der Waals surface area contributed by atoms with E-state index in [9.17, 15) is 9.18 Å². The second-order valence-corrected chi connectivity index (χ2v) is 5.01. The first-order valence-corrected chi connectivity index (χ1v) is 7.52. The number of rotatable bonds is 8. The van der Waals surface area contributed by atoms with Crippen molar-refractivity contribution < 1.29 is 28.1 Å². The molecule has 6 nitrogen and oxygen atoms in total. The van der Waals surface area contributed by atoms with Crippen molar-refractivity contribution in [3.63, 3.8) is 0 Å². The topological polar surface area (TPSA) is 66.0 Å². The van der Waals surface area contributed by atoms with Crippen molar-refractivity contribution in [2.24, 2.45) is 0 Å². The first-order valence-electron chi connectivity index (χ1n) is 7.52. The molecule has 1 N–H and O–H groups in total. The molecule has 1 amide bonds. The predicted octanol–water partition coefficient (Wildman–Crippen LogP) is 2.55. The fourth-order valence-electron chi connectivity index (χ4n) is 2.23. The highest BCUT2D eigenvalue weighted by Gasteiger charge is 2.16. The Hall–Kier alpha value is -2.96. The van der Waals surface area contributed by atoms with Crippen LogP contribution in [-0.4, -0.2) is 33.8 Å². The van der Waals surface area contributed by atoms with Crippen LogP contribution in [0.3, 0.4) is 0 Å². The maximum atomic E-state index is 12.8. The van der Waals surface area contributed by atoms with Gasteiger partial charge in [-0.25, -0.2) is 4.39 Å². The number of carbonyl (C=O) groups is 1. The predicted molar refractivity (Wildman–Crippen MR) is 89.8 cm³/mol. The number of ether oxygens (including phenoxy) is 4. The summed E-state index contributed by atoms with van der Waals surface area (Å²) in [5, 5.41) is 2.73. The quantitative estimate of drug-likeness (QED) is 0.793. The van der Waals surface area contributed by atoms with Gasteiger partial charge in [-0.15, -0.1) is 0 Å². The van der Waals surface area contributed by atoms with Gasteiger partial charge in [0.15, 0.2) is 18.1 Å². The monoisotopic (exact) mass is 349 g/mol. The van der Waals surface area contributed by atoms with E-state index in [-0.39, 0.29) is 24.9 Å². The Morgan fingerprint density at radius 3 is 2.24 bits per heavy atom. The summed E-state index contributed by atoms with van der Waals surface area (Å²) in [6, 6.07) is 8.96. The molecule has 0 saturated carbocycles. The van der Waals surface area contributed by atoms with Crippen molar-refractivity contribution in [3.05, 3.63) is 47.8 Å². The number of nitrogens with one attached hydrogen (secondary N) is 1. The molecule has 0 saturated heterocycles. The summed E-state index contributed by atoms with van der Waals surface area (Å²) in [6.07, 6.45) is 0. The minimum absolute atomic E-state index is 0.179. The Balaban J connectivity index is 1.96. The lowest BCUT2D eigenvalue weighted by atomic mass is 10.1. The van der Waals surface area contributed by atoms with Crippen molar-refractivity contribution in [1.82, 2.24) is 5.32 Å². The van der Waals surface area contributed by atoms with Crippen molar-refractivity contribution in [1.29, 1.82) is 0 Å². The van der Waals surface area contributed by atoms with Gasteiger partial charge in [0.05, 0.1) is 21.3 Å². The minimum atomic E-state index is -0.364. The van der Waals surface area contributed by atoms with Gasteiger partial charge in [-0.05, 0) is 36.4 Å². The van der Waals surface area contributed by atoms with Gasteiger partial charge in [0, 0.05) is 12.1 Å². The third kappa shape index (κ3) is 4.76. The van der Waals surface area contributed by atoms with E-state index in [1.165, 1.54) is 45.6 Å². The SMILES string of the molecule is COc1ccc(CNC(=O)COc2ccc(F)cc2)c(OC)c1OC. The molecule has 0 aliphatic heterocycles. The highest BCUT2D eigenvalue weighted by atomic mass is 19.1. The lowest BCUT2D eigenvalue weighted by Crippen LogP contribution is -2.28. The molecule has 0 bridgehead atoms. The van der Waals surface area contributed by atoms with Crippen LogP contribution in [0, 0.1) is 5.82 Å². The van der Waals surface area contributed by atoms with Gasteiger partial charge in [0.1, 0.15) is 11.6 Å². The average molecular weight is 349 g/mol. The normalized spacial score (nSPS) is 10.1. The van der Waals surface area contributed by atoms with Crippen LogP contribution in [0.1, 0.15) is 5.56 Å². The second-order valence-electron chi connectivity index (χ2n) is 5.01. The first-order chi connectivity index (χ1) is 12.1. The van der Waals surface area contributed by atoms with Gasteiger partial charge in [0.2, 0.25) is 5.75 Å². The summed E-state index contributed by atoms with van der Waals surface area (Å²) >= 11 is 0. The van der Waals surface area contributed by atoms with Gasteiger partial charge in [0.25, 0.3) is 5.91 Å². The third-order valence-electron chi connectivity index (χ3n) is 3.45. The molecule has 0 unspecified atom stereocenters. The van der Waals surface area contributed by atoms with Crippen molar-refractivity contribution >= 4 is 5.91 Å². The maximum Gasteiger partial charge on any atom is 0.258 e. The molecule has 134 valence electrons. The number of methoxy groups -OCH3 is 3. The molecule has 0 aliphatic rings. The van der Waals surface area contributed by atoms with E-state index < -0.39 is 0 Å². The highest BCUT2D eigenvalue weighted by Crippen LogP contribution is 2.39. The number of amides is 1. The van der Waals surface area contributed by atoms with Crippen LogP contribution in [0.2, 0.25) is 0 Å². The number of hydrogen-bond donors (Lipinski definition) is 1. The summed E-state index contributed by atoms with van der Waals surface area (Å²) in [5.41, 5.74) is 0.732. The zero-order valence-electron chi connectivity index (χ0n) is 14.3. The van der Waals surface area contributed by atoms with Gasteiger partial charge >= 0.3 is 0 Å². The average Bonchev–Trinajstić information content (AvgIpc) is 2.64. The van der Waals surface area contributed by atoms with Crippen LogP contribution in [0.4, 0.5) is 4.39 Å². The molecular weight excluding hydrogens is 329 g/mol. The summed E-state index contributed by atoms with van der Waals surface area (Å²) < 4.78 is 34.0. The fourth-order valence-corrected chi connectivity index (χ4v) is 2.23. The summed E-state index contributed by atoms with van der Waals surface area (Å²) in [6.45, 7) is 0.0520. The third-order valence-corrected chi connectivity index (χ3v) is 3.45. The summed E-state index contributed by atoms with van der Waals surface area (Å²) in [7, 11) is 4.56. The van der Waals surface area contributed by atoms with E-state index in [1.54, 1.807) is 12.1 Å². The zero-order chi connectivity index (χ0) is 18.2. The van der Waals surface area contributed by atoms with E-state index >= 15 is 0 Å². The standard InChI is InChI=1S/C18H20FNO5/c1-22-15-9-4-12(17(23-2)18(15)24-3)10-20-16(21)11-25-14-7-5-13(19)6-8-14/h4-9H,10-11H2,1-3H3,(H,20,21). The van der Waals surface area contributed by atoms with E-state index in [0.29, 0.717) is 23.0 Å². The Bertz CT molecular complexity index is 718. The molecule has 0 fully saturated rings. The largest absolute Gasteiger partial charge is 0.493 e. The molecule has 0 heterocycles. The first kappa shape index (κ1) is 18.4. The molecule has 2 aromatic rings. The van der Waals surface area contributed by atoms with E-state index in [4.69, 9.17) is 18.9 Å². The Kier molecular flexibility index (Phi) is 6.45. The van der Waals surface area contributed by atoms with Gasteiger partial charge < -0.3 is 24.3 Å². The number of benzene rings is 2. The van der Waals surface area contributed by atoms with Crippen LogP contribution in [0.15, 0.2) is 36.4 Å². The maximum absolute atomic E-state index is 12.8. The summed E-state index contributed by atoms with van der Waals surface area (Å²) in [4.78, 5) is 11.9. The van der Waals surface area contributed by atoms with Crippen LogP contribution in [0.25, 0.3) is 0 Å². The molecule has 25 heavy (non-hydrogen) atoms. The summed E-state index contributed by atoms with van der Waals surface area (Å²) in [5.74, 6) is 1.22. The Labute approximate surface area is 145 Å². The van der Waals surface area contributed by atoms with Gasteiger partial charge in [-0.3, -0.25) is 4.79 Å². The lowest BCUT2D eigenvalue weighted by Gasteiger charge is -2.16. The minimum Gasteiger partial charge on any atom is -0.493 e. The van der Waals surface area contributed by atoms with E-state index in [2.05, 4.69) is 5.32 Å². The second kappa shape index (κ2) is 8.77. The van der Waals surface area contributed by atoms with E-state index in [1.807, 2.05) is 0 Å². The molecule has 2 aromatic carbocycles. The number of halogens is 1. The number of hydrogen-bond acceptors (Lipinski definition) is 5. The molecule has 0 radical (unpaired) electrons. The van der Waals surface area contributed by atoms with Crippen LogP contribution in [-0.2, 0) is 11.3 Å². The molecule has 0 atom stereocenters. The molecule has 0 aliphatic carbocycles. The van der Waals surface area contributed by atoms with Crippen LogP contribution in [0.5, 0.6) is 23.0 Å². The van der Waals surface area contributed by atoms with Gasteiger partial charge in [-0.1, -0.05) is 0 Å². The molecule has 0 aromatic heterocycles. The highest BCUT2D eigenvalue weighted by molar-refractivity contribution is 5.77. The Morgan fingerprint density at radius 2 is 1.64 bits per heavy atom. The smallest absolute Gasteiger partial charge is 0.258 e. The van der Waals surface area contributed by atoms with Crippen LogP contribution >= 0.6 is 0 Å². The van der Waals surface area contributed by atoms with Crippen molar-refractivity contribution in [2.45, 2.75) is 6.54 Å². The molecule has 7 heteroatoms.